The smallest absolute Gasteiger partial charge is 0.376 e. The lowest BCUT2D eigenvalue weighted by Crippen LogP contribution is -2.44. The summed E-state index contributed by atoms with van der Waals surface area (Å²) in [6.45, 7) is 10.9. The van der Waals surface area contributed by atoms with Crippen LogP contribution in [-0.4, -0.2) is 112 Å². The van der Waals surface area contributed by atoms with E-state index in [1.807, 2.05) is 13.8 Å². The van der Waals surface area contributed by atoms with Crippen LogP contribution in [-0.2, 0) is 37.3 Å². The lowest BCUT2D eigenvalue weighted by atomic mass is 9.93. The molecule has 4 heterocycles. The summed E-state index contributed by atoms with van der Waals surface area (Å²) in [5.74, 6) is -0.260. The maximum absolute atomic E-state index is 13.3. The quantitative estimate of drug-likeness (QED) is 0.0533. The van der Waals surface area contributed by atoms with Gasteiger partial charge in [-0.15, -0.1) is 0 Å². The van der Waals surface area contributed by atoms with E-state index in [-0.39, 0.29) is 25.2 Å². The van der Waals surface area contributed by atoms with Gasteiger partial charge in [0.25, 0.3) is 11.1 Å². The normalized spacial score (nSPS) is 24.7. The molecule has 4 rings (SSSR count). The number of aromatic amines is 2. The number of rotatable bonds is 32. The van der Waals surface area contributed by atoms with Crippen molar-refractivity contribution >= 4 is 7.82 Å². The van der Waals surface area contributed by atoms with E-state index in [1.54, 1.807) is 21.0 Å². The van der Waals surface area contributed by atoms with Crippen LogP contribution in [0.15, 0.2) is 43.7 Å². The molecule has 19 heteroatoms. The standard InChI is InChI=1S/C45H78N5O13P/c1-8-9-10-11-12-13-14-15-16-17-18-19-20-21-22-26-48(27-23-34-36(31-59-32(2)3)61-42(39(34)57-6)49-28-24-37(51)46-44(49)53)30-35-40(63-64(55,56)62-33(4)5)41(58-7)43(60-35)50-29-25-38(52)47-45(50)54/h24-25,28-29,32-36,39-43H,8-23,26-27,30-31H2,1-7H3,(H,55,56)(H,46,51,53)(H,47,52,54)/t34-,35-,36-,39-,40-,41-,42-,43-/m1/s1. The second-order valence-corrected chi connectivity index (χ2v) is 19.2. The molecular weight excluding hydrogens is 849 g/mol. The van der Waals surface area contributed by atoms with Gasteiger partial charge in [-0.1, -0.05) is 96.8 Å². The second-order valence-electron chi connectivity index (χ2n) is 17.8. The largest absolute Gasteiger partial charge is 0.472 e. The summed E-state index contributed by atoms with van der Waals surface area (Å²) in [6, 6.07) is 2.45. The molecule has 64 heavy (non-hydrogen) atoms. The highest BCUT2D eigenvalue weighted by molar-refractivity contribution is 7.47. The average molecular weight is 928 g/mol. The minimum Gasteiger partial charge on any atom is -0.376 e. The van der Waals surface area contributed by atoms with Crippen LogP contribution >= 0.6 is 7.82 Å². The lowest BCUT2D eigenvalue weighted by Gasteiger charge is -2.31. The monoisotopic (exact) mass is 928 g/mol. The number of phosphoric acid groups is 1. The summed E-state index contributed by atoms with van der Waals surface area (Å²) in [5.41, 5.74) is -2.47. The molecule has 366 valence electrons. The number of H-pyrrole nitrogens is 2. The average Bonchev–Trinajstić information content (AvgIpc) is 3.75. The SMILES string of the molecule is CCCCCCCCCCCCCCCCCN(CC[C@H]1[C@@H](OC)[C@H](n2ccc(=O)[nH]c2=O)O[C@@H]1COC(C)C)C[C@H]1O[C@@H](n2ccc(=O)[nH]c2=O)[C@H](OC)[C@@H]1OP(=O)(O)OC(C)C. The molecule has 0 spiro atoms. The van der Waals surface area contributed by atoms with Gasteiger partial charge in [0.15, 0.2) is 12.5 Å². The van der Waals surface area contributed by atoms with E-state index in [1.165, 1.54) is 111 Å². The summed E-state index contributed by atoms with van der Waals surface area (Å²) in [7, 11) is -1.70. The van der Waals surface area contributed by atoms with Gasteiger partial charge < -0.3 is 33.5 Å². The highest BCUT2D eigenvalue weighted by Crippen LogP contribution is 2.50. The molecule has 2 aliphatic heterocycles. The Morgan fingerprint density at radius 2 is 1.17 bits per heavy atom. The highest BCUT2D eigenvalue weighted by Gasteiger charge is 2.51. The van der Waals surface area contributed by atoms with Gasteiger partial charge in [0, 0.05) is 51.2 Å². The molecule has 2 aliphatic rings. The number of ether oxygens (including phenoxy) is 5. The second kappa shape index (κ2) is 27.8. The highest BCUT2D eigenvalue weighted by atomic mass is 31.2. The molecule has 0 aliphatic carbocycles. The molecule has 1 unspecified atom stereocenters. The number of unbranched alkanes of at least 4 members (excludes halogenated alkanes) is 14. The fraction of sp³-hybridized carbons (Fsp3) is 0.822. The zero-order chi connectivity index (χ0) is 46.6. The first-order chi connectivity index (χ1) is 30.7. The van der Waals surface area contributed by atoms with Crippen LogP contribution < -0.4 is 22.5 Å². The summed E-state index contributed by atoms with van der Waals surface area (Å²) in [4.78, 5) is 67.6. The van der Waals surface area contributed by atoms with E-state index in [0.717, 1.165) is 25.7 Å². The maximum atomic E-state index is 13.3. The number of nitrogens with one attached hydrogen (secondary N) is 2. The van der Waals surface area contributed by atoms with E-state index in [4.69, 9.17) is 32.7 Å². The Bertz CT molecular complexity index is 1920. The van der Waals surface area contributed by atoms with Gasteiger partial charge in [0.1, 0.15) is 24.4 Å². The molecule has 3 N–H and O–H groups in total. The van der Waals surface area contributed by atoms with Crippen molar-refractivity contribution in [3.63, 3.8) is 0 Å². The van der Waals surface area contributed by atoms with Gasteiger partial charge in [-0.05, 0) is 53.6 Å². The summed E-state index contributed by atoms with van der Waals surface area (Å²) in [6.07, 6.45) is 14.9. The van der Waals surface area contributed by atoms with Crippen LogP contribution in [0.25, 0.3) is 0 Å². The number of methoxy groups -OCH3 is 2. The molecule has 0 aromatic carbocycles. The molecule has 2 aromatic heterocycles. The molecule has 2 fully saturated rings. The Labute approximate surface area is 378 Å². The van der Waals surface area contributed by atoms with E-state index in [0.29, 0.717) is 19.5 Å². The van der Waals surface area contributed by atoms with E-state index >= 15 is 0 Å². The maximum Gasteiger partial charge on any atom is 0.472 e. The van der Waals surface area contributed by atoms with Crippen molar-refractivity contribution in [1.82, 2.24) is 24.0 Å². The van der Waals surface area contributed by atoms with Crippen LogP contribution in [0, 0.1) is 5.92 Å². The fourth-order valence-corrected chi connectivity index (χ4v) is 9.99. The Morgan fingerprint density at radius 1 is 0.688 bits per heavy atom. The Hall–Kier alpha value is -2.77. The Balaban J connectivity index is 1.52. The number of nitrogens with zero attached hydrogens (tertiary/aromatic N) is 3. The summed E-state index contributed by atoms with van der Waals surface area (Å²) >= 11 is 0. The van der Waals surface area contributed by atoms with Gasteiger partial charge in [-0.3, -0.25) is 37.7 Å². The van der Waals surface area contributed by atoms with Crippen LogP contribution in [0.4, 0.5) is 0 Å². The van der Waals surface area contributed by atoms with Crippen LogP contribution in [0.5, 0.6) is 0 Å². The first-order valence-electron chi connectivity index (χ1n) is 23.7. The summed E-state index contributed by atoms with van der Waals surface area (Å²) in [5, 5.41) is 0. The van der Waals surface area contributed by atoms with Crippen LogP contribution in [0.2, 0.25) is 0 Å². The number of aromatic nitrogens is 4. The minimum atomic E-state index is -4.65. The zero-order valence-electron chi connectivity index (χ0n) is 39.4. The Kier molecular flexibility index (Phi) is 23.4. The van der Waals surface area contributed by atoms with Gasteiger partial charge in [0.2, 0.25) is 0 Å². The first-order valence-corrected chi connectivity index (χ1v) is 25.2. The van der Waals surface area contributed by atoms with Gasteiger partial charge in [-0.2, -0.15) is 0 Å². The third kappa shape index (κ3) is 17.1. The third-order valence-electron chi connectivity index (χ3n) is 12.1. The van der Waals surface area contributed by atoms with Crippen molar-refractivity contribution in [3.8, 4) is 0 Å². The lowest BCUT2D eigenvalue weighted by molar-refractivity contribution is -0.0784. The van der Waals surface area contributed by atoms with Crippen molar-refractivity contribution in [3.05, 3.63) is 66.2 Å². The molecule has 0 bridgehead atoms. The molecule has 9 atom stereocenters. The molecule has 2 aromatic rings. The van der Waals surface area contributed by atoms with Gasteiger partial charge in [0.05, 0.1) is 24.9 Å². The van der Waals surface area contributed by atoms with Crippen molar-refractivity contribution in [2.75, 3.05) is 40.5 Å². The van der Waals surface area contributed by atoms with Crippen LogP contribution in [0.3, 0.4) is 0 Å². The van der Waals surface area contributed by atoms with E-state index in [9.17, 15) is 28.6 Å². The predicted molar refractivity (Wildman–Crippen MR) is 244 cm³/mol. The molecule has 2 saturated heterocycles. The molecule has 0 saturated carbocycles. The topological polar surface area (TPSA) is 215 Å². The van der Waals surface area contributed by atoms with Gasteiger partial charge in [-0.25, -0.2) is 14.2 Å². The number of phosphoric ester groups is 1. The number of hydrogen-bond acceptors (Lipinski definition) is 13. The van der Waals surface area contributed by atoms with Gasteiger partial charge >= 0.3 is 19.2 Å². The minimum absolute atomic E-state index is 0.0862. The molecule has 18 nitrogen and oxygen atoms in total. The van der Waals surface area contributed by atoms with Crippen molar-refractivity contribution in [2.45, 2.75) is 193 Å². The van der Waals surface area contributed by atoms with E-state index in [2.05, 4.69) is 21.8 Å². The molecular formula is C45H78N5O13P. The molecule has 0 amide bonds. The Morgan fingerprint density at radius 3 is 1.64 bits per heavy atom. The molecule has 0 radical (unpaired) electrons. The van der Waals surface area contributed by atoms with Crippen molar-refractivity contribution < 1.29 is 42.2 Å². The summed E-state index contributed by atoms with van der Waals surface area (Å²) < 4.78 is 57.9. The predicted octanol–water partition coefficient (Wildman–Crippen LogP) is 6.43. The first kappa shape index (κ1) is 53.8. The third-order valence-corrected chi connectivity index (χ3v) is 13.3. The zero-order valence-corrected chi connectivity index (χ0v) is 40.3. The van der Waals surface area contributed by atoms with Crippen molar-refractivity contribution in [2.24, 2.45) is 5.92 Å². The van der Waals surface area contributed by atoms with E-state index < -0.39 is 79.4 Å². The van der Waals surface area contributed by atoms with Crippen LogP contribution in [0.1, 0.15) is 150 Å². The fourth-order valence-electron chi connectivity index (χ4n) is 8.84. The van der Waals surface area contributed by atoms with Crippen molar-refractivity contribution in [1.29, 1.82) is 0 Å². The number of hydrogen-bond donors (Lipinski definition) is 3.